The van der Waals surface area contributed by atoms with Crippen LogP contribution in [0.15, 0.2) is 18.2 Å². The first-order valence-corrected chi connectivity index (χ1v) is 7.82. The van der Waals surface area contributed by atoms with Crippen molar-refractivity contribution < 1.29 is 9.84 Å². The van der Waals surface area contributed by atoms with E-state index in [-0.39, 0.29) is 0 Å². The van der Waals surface area contributed by atoms with E-state index >= 15 is 0 Å². The molecule has 112 valence electrons. The number of halogens is 1. The molecule has 1 saturated heterocycles. The quantitative estimate of drug-likeness (QED) is 0.900. The van der Waals surface area contributed by atoms with Crippen LogP contribution in [0.3, 0.4) is 0 Å². The van der Waals surface area contributed by atoms with Crippen molar-refractivity contribution >= 4 is 11.6 Å². The molecule has 0 radical (unpaired) electrons. The van der Waals surface area contributed by atoms with Crippen molar-refractivity contribution in [3.8, 4) is 5.75 Å². The Morgan fingerprint density at radius 3 is 2.60 bits per heavy atom. The minimum atomic E-state index is -0.521. The molecule has 1 heterocycles. The van der Waals surface area contributed by atoms with E-state index in [9.17, 15) is 5.11 Å². The van der Waals surface area contributed by atoms with Gasteiger partial charge in [-0.2, -0.15) is 0 Å². The standard InChI is InChI=1S/C16H24ClNO2/c1-20-16-7-6-13(17)12-14(16)15(19)8-11-18-9-4-2-3-5-10-18/h6-7,12,15,19H,2-5,8-11H2,1H3. The smallest absolute Gasteiger partial charge is 0.124 e. The van der Waals surface area contributed by atoms with Crippen LogP contribution in [-0.2, 0) is 0 Å². The third kappa shape index (κ3) is 4.37. The second-order valence-electron chi connectivity index (χ2n) is 5.45. The maximum absolute atomic E-state index is 10.4. The van der Waals surface area contributed by atoms with Crippen LogP contribution in [0.25, 0.3) is 0 Å². The number of ether oxygens (including phenoxy) is 1. The predicted molar refractivity (Wildman–Crippen MR) is 82.5 cm³/mol. The van der Waals surface area contributed by atoms with Crippen molar-refractivity contribution in [2.24, 2.45) is 0 Å². The van der Waals surface area contributed by atoms with Crippen LogP contribution in [0.5, 0.6) is 5.75 Å². The summed E-state index contributed by atoms with van der Waals surface area (Å²) in [6.07, 6.45) is 5.42. The lowest BCUT2D eigenvalue weighted by Crippen LogP contribution is -2.26. The summed E-state index contributed by atoms with van der Waals surface area (Å²) in [5, 5.41) is 11.0. The molecule has 0 aromatic heterocycles. The Morgan fingerprint density at radius 2 is 1.95 bits per heavy atom. The molecule has 1 fully saturated rings. The van der Waals surface area contributed by atoms with E-state index in [0.717, 1.165) is 31.6 Å². The highest BCUT2D eigenvalue weighted by molar-refractivity contribution is 6.30. The molecule has 4 heteroatoms. The lowest BCUT2D eigenvalue weighted by molar-refractivity contribution is 0.140. The number of aliphatic hydroxyl groups excluding tert-OH is 1. The van der Waals surface area contributed by atoms with Gasteiger partial charge in [0.2, 0.25) is 0 Å². The van der Waals surface area contributed by atoms with Gasteiger partial charge in [-0.3, -0.25) is 0 Å². The van der Waals surface area contributed by atoms with Crippen molar-refractivity contribution in [1.29, 1.82) is 0 Å². The van der Waals surface area contributed by atoms with Gasteiger partial charge in [-0.05, 0) is 50.6 Å². The van der Waals surface area contributed by atoms with Gasteiger partial charge < -0.3 is 14.7 Å². The van der Waals surface area contributed by atoms with Crippen molar-refractivity contribution in [3.05, 3.63) is 28.8 Å². The van der Waals surface area contributed by atoms with E-state index in [1.165, 1.54) is 25.7 Å². The van der Waals surface area contributed by atoms with Crippen molar-refractivity contribution in [2.45, 2.75) is 38.2 Å². The Bertz CT molecular complexity index is 417. The van der Waals surface area contributed by atoms with Crippen LogP contribution in [0.1, 0.15) is 43.8 Å². The zero-order chi connectivity index (χ0) is 14.4. The highest BCUT2D eigenvalue weighted by Gasteiger charge is 2.16. The Hall–Kier alpha value is -0.770. The molecule has 0 saturated carbocycles. The molecule has 1 N–H and O–H groups in total. The van der Waals surface area contributed by atoms with Gasteiger partial charge in [0.25, 0.3) is 0 Å². The molecule has 1 unspecified atom stereocenters. The van der Waals surface area contributed by atoms with Gasteiger partial charge in [-0.25, -0.2) is 0 Å². The monoisotopic (exact) mass is 297 g/mol. The zero-order valence-electron chi connectivity index (χ0n) is 12.1. The summed E-state index contributed by atoms with van der Waals surface area (Å²) in [6, 6.07) is 5.39. The Labute approximate surface area is 126 Å². The first-order valence-electron chi connectivity index (χ1n) is 7.44. The van der Waals surface area contributed by atoms with Crippen LogP contribution < -0.4 is 4.74 Å². The van der Waals surface area contributed by atoms with Crippen LogP contribution in [-0.4, -0.2) is 36.8 Å². The van der Waals surface area contributed by atoms with Crippen molar-refractivity contribution in [1.82, 2.24) is 4.90 Å². The number of hydrogen-bond acceptors (Lipinski definition) is 3. The van der Waals surface area contributed by atoms with Crippen LogP contribution in [0.2, 0.25) is 5.02 Å². The molecule has 2 rings (SSSR count). The van der Waals surface area contributed by atoms with Gasteiger partial charge in [0.1, 0.15) is 5.75 Å². The molecular weight excluding hydrogens is 274 g/mol. The summed E-state index contributed by atoms with van der Waals surface area (Å²) in [7, 11) is 1.62. The number of nitrogens with zero attached hydrogens (tertiary/aromatic N) is 1. The number of benzene rings is 1. The van der Waals surface area contributed by atoms with E-state index in [0.29, 0.717) is 10.8 Å². The molecule has 3 nitrogen and oxygen atoms in total. The number of aliphatic hydroxyl groups is 1. The van der Waals surface area contributed by atoms with Gasteiger partial charge in [0.15, 0.2) is 0 Å². The number of rotatable bonds is 5. The summed E-state index contributed by atoms with van der Waals surface area (Å²) in [4.78, 5) is 2.45. The topological polar surface area (TPSA) is 32.7 Å². The first-order chi connectivity index (χ1) is 9.70. The van der Waals surface area contributed by atoms with Gasteiger partial charge >= 0.3 is 0 Å². The van der Waals surface area contributed by atoms with Crippen molar-refractivity contribution in [3.63, 3.8) is 0 Å². The molecule has 1 aliphatic rings. The van der Waals surface area contributed by atoms with E-state index in [1.807, 2.05) is 6.07 Å². The minimum Gasteiger partial charge on any atom is -0.496 e. The van der Waals surface area contributed by atoms with Crippen molar-refractivity contribution in [2.75, 3.05) is 26.7 Å². The van der Waals surface area contributed by atoms with Gasteiger partial charge in [-0.1, -0.05) is 24.4 Å². The molecular formula is C16H24ClNO2. The fourth-order valence-electron chi connectivity index (χ4n) is 2.79. The molecule has 1 aromatic carbocycles. The first kappa shape index (κ1) is 15.6. The third-order valence-electron chi connectivity index (χ3n) is 3.97. The van der Waals surface area contributed by atoms with Gasteiger partial charge in [0.05, 0.1) is 13.2 Å². The number of likely N-dealkylation sites (tertiary alicyclic amines) is 1. The molecule has 0 spiro atoms. The van der Waals surface area contributed by atoms with Crippen LogP contribution in [0, 0.1) is 0 Å². The van der Waals surface area contributed by atoms with E-state index < -0.39 is 6.10 Å². The Kier molecular flexibility index (Phi) is 6.14. The number of methoxy groups -OCH3 is 1. The lowest BCUT2D eigenvalue weighted by Gasteiger charge is -2.22. The molecule has 0 bridgehead atoms. The molecule has 20 heavy (non-hydrogen) atoms. The second kappa shape index (κ2) is 7.87. The van der Waals surface area contributed by atoms with E-state index in [2.05, 4.69) is 4.90 Å². The Balaban J connectivity index is 1.93. The predicted octanol–water partition coefficient (Wildman–Crippen LogP) is 3.65. The molecule has 1 aromatic rings. The summed E-state index contributed by atoms with van der Waals surface area (Å²) in [6.45, 7) is 3.23. The van der Waals surface area contributed by atoms with E-state index in [1.54, 1.807) is 19.2 Å². The molecule has 1 atom stereocenters. The maximum atomic E-state index is 10.4. The summed E-state index contributed by atoms with van der Waals surface area (Å²) in [5.41, 5.74) is 0.787. The third-order valence-corrected chi connectivity index (χ3v) is 4.20. The van der Waals surface area contributed by atoms with E-state index in [4.69, 9.17) is 16.3 Å². The normalized spacial score (nSPS) is 18.6. The largest absolute Gasteiger partial charge is 0.496 e. The average molecular weight is 298 g/mol. The molecule has 1 aliphatic heterocycles. The van der Waals surface area contributed by atoms with Crippen LogP contribution in [0.4, 0.5) is 0 Å². The van der Waals surface area contributed by atoms with Gasteiger partial charge in [0, 0.05) is 17.1 Å². The van der Waals surface area contributed by atoms with Gasteiger partial charge in [-0.15, -0.1) is 0 Å². The SMILES string of the molecule is COc1ccc(Cl)cc1C(O)CCN1CCCCCC1. The second-order valence-corrected chi connectivity index (χ2v) is 5.88. The fourth-order valence-corrected chi connectivity index (χ4v) is 2.97. The average Bonchev–Trinajstić information content (AvgIpc) is 2.73. The number of hydrogen-bond donors (Lipinski definition) is 1. The summed E-state index contributed by atoms with van der Waals surface area (Å²) >= 11 is 6.01. The minimum absolute atomic E-state index is 0.521. The molecule has 0 aliphatic carbocycles. The fraction of sp³-hybridized carbons (Fsp3) is 0.625. The summed E-state index contributed by atoms with van der Waals surface area (Å²) < 4.78 is 5.30. The van der Waals surface area contributed by atoms with Crippen LogP contribution >= 0.6 is 11.6 Å². The summed E-state index contributed by atoms with van der Waals surface area (Å²) in [5.74, 6) is 0.706. The zero-order valence-corrected chi connectivity index (χ0v) is 12.9. The maximum Gasteiger partial charge on any atom is 0.124 e. The lowest BCUT2D eigenvalue weighted by atomic mass is 10.1. The highest BCUT2D eigenvalue weighted by Crippen LogP contribution is 2.30. The Morgan fingerprint density at radius 1 is 1.25 bits per heavy atom. The molecule has 0 amide bonds. The highest BCUT2D eigenvalue weighted by atomic mass is 35.5.